The molecule has 4 radical (unpaired) electrons. The summed E-state index contributed by atoms with van der Waals surface area (Å²) in [6.07, 6.45) is 28.9. The molecule has 4 saturated carbocycles. The van der Waals surface area contributed by atoms with E-state index in [0.29, 0.717) is 48.4 Å². The first-order chi connectivity index (χ1) is 38.6. The molecular formula is C72H74O6Y4-4. The van der Waals surface area contributed by atoms with Crippen molar-refractivity contribution in [2.75, 3.05) is 13.6 Å². The van der Waals surface area contributed by atoms with Gasteiger partial charge in [0.05, 0.1) is 0 Å². The minimum atomic E-state index is 0. The average molecular weight is 1390 g/mol. The van der Waals surface area contributed by atoms with E-state index in [1.165, 1.54) is 125 Å². The zero-order valence-electron chi connectivity index (χ0n) is 47.5. The molecule has 414 valence electrons. The fourth-order valence-electron chi connectivity index (χ4n) is 12.7. The van der Waals surface area contributed by atoms with Gasteiger partial charge in [-0.3, -0.25) is 0 Å². The molecular weight excluding hydrogens is 1320 g/mol. The van der Waals surface area contributed by atoms with E-state index < -0.39 is 0 Å². The van der Waals surface area contributed by atoms with Gasteiger partial charge >= 0.3 is 0 Å². The Morgan fingerprint density at radius 3 is 0.866 bits per heavy atom. The van der Waals surface area contributed by atoms with Crippen molar-refractivity contribution in [3.63, 3.8) is 0 Å². The molecule has 4 aliphatic carbocycles. The molecule has 12 rings (SSSR count). The van der Waals surface area contributed by atoms with Crippen LogP contribution in [0.15, 0.2) is 158 Å². The van der Waals surface area contributed by atoms with Crippen LogP contribution in [0.2, 0.25) is 0 Å². The summed E-state index contributed by atoms with van der Waals surface area (Å²) >= 11 is 0. The molecule has 0 N–H and O–H groups in total. The van der Waals surface area contributed by atoms with E-state index in [-0.39, 0.29) is 144 Å². The van der Waals surface area contributed by atoms with Gasteiger partial charge in [-0.2, -0.15) is 51.4 Å². The van der Waals surface area contributed by atoms with Crippen LogP contribution in [0.3, 0.4) is 0 Å². The monoisotopic (exact) mass is 1390 g/mol. The quantitative estimate of drug-likeness (QED) is 0.0594. The van der Waals surface area contributed by atoms with Gasteiger partial charge in [0, 0.05) is 142 Å². The van der Waals surface area contributed by atoms with Gasteiger partial charge in [0.15, 0.2) is 0 Å². The number of fused-ring (bicyclic) bond motifs is 2. The van der Waals surface area contributed by atoms with Crippen LogP contribution in [-0.4, -0.2) is 13.6 Å². The van der Waals surface area contributed by atoms with Crippen molar-refractivity contribution >= 4 is 21.5 Å². The summed E-state index contributed by atoms with van der Waals surface area (Å²) in [5, 5.41) is 4.17. The van der Waals surface area contributed by atoms with Crippen molar-refractivity contribution in [1.82, 2.24) is 0 Å². The minimum Gasteiger partial charge on any atom is -0.489 e. The van der Waals surface area contributed by atoms with Crippen molar-refractivity contribution in [2.45, 2.75) is 140 Å². The first-order valence-corrected chi connectivity index (χ1v) is 29.2. The molecule has 0 unspecified atom stereocenters. The topological polar surface area (TPSA) is 55.4 Å². The third-order valence-corrected chi connectivity index (χ3v) is 17.2. The standard InChI is InChI=1S/C72H74O6.4Y/c1-5-13-53(14-6-1)57-23-33-63(34-24-57)73-47-51-21-41-67-61(45-51)31-43-69(77-49-75-65-37-27-59(28-38-65)55-17-9-3-10-18-55)71(67)72-68-42-22-52(48-74-64-35-25-58(26-36-64)54-15-7-2-8-16-54)46-62(68)32-44-70(72)78-50-76-66-39-29-60(30-40-66)56-19-11-4-12-20-56;;;;/h1-4,21-46,53-56H,5-20,47-50H2;;;;/q-4;;;;. The smallest absolute Gasteiger partial charge is 0.230 e. The van der Waals surface area contributed by atoms with Crippen LogP contribution in [0.25, 0.3) is 32.7 Å². The molecule has 0 atom stereocenters. The molecule has 8 aromatic carbocycles. The summed E-state index contributed by atoms with van der Waals surface area (Å²) in [6, 6.07) is 56.4. The molecule has 0 aliphatic heterocycles. The Hall–Kier alpha value is -2.50. The van der Waals surface area contributed by atoms with E-state index in [1.54, 1.807) is 0 Å². The predicted octanol–water partition coefficient (Wildman–Crippen LogP) is 19.1. The SMILES string of the molecule is [Y].[Y].[Y].[Y].c1cc2c(-c3c(OCOc4ccc(C5CC[CH-]CC5)cc4)ccc4cc(COc5ccc(C6CC[CH-]CC6)cc5)ccc34)c(OCOc3ccc(C4CC[CH-]CC4)cc3)ccc2cc1COc1ccc(C2CC[CH-]CC2)cc1. The maximum atomic E-state index is 6.77. The normalized spacial score (nSPS) is 16.1. The summed E-state index contributed by atoms with van der Waals surface area (Å²) in [4.78, 5) is 0. The van der Waals surface area contributed by atoms with E-state index in [4.69, 9.17) is 28.4 Å². The molecule has 4 aliphatic rings. The number of ether oxygens (including phenoxy) is 6. The van der Waals surface area contributed by atoms with Crippen LogP contribution in [0.5, 0.6) is 34.5 Å². The Morgan fingerprint density at radius 2 is 0.573 bits per heavy atom. The maximum Gasteiger partial charge on any atom is 0.230 e. The number of benzene rings is 8. The van der Waals surface area contributed by atoms with Gasteiger partial charge in [-0.25, -0.2) is 0 Å². The molecule has 6 nitrogen and oxygen atoms in total. The fourth-order valence-corrected chi connectivity index (χ4v) is 12.7. The van der Waals surface area contributed by atoms with Crippen molar-refractivity contribution in [3.05, 3.63) is 217 Å². The van der Waals surface area contributed by atoms with Crippen LogP contribution in [0.1, 0.15) is 160 Å². The molecule has 0 aromatic heterocycles. The van der Waals surface area contributed by atoms with E-state index in [9.17, 15) is 0 Å². The van der Waals surface area contributed by atoms with Crippen LogP contribution in [0, 0.1) is 25.7 Å². The van der Waals surface area contributed by atoms with Crippen LogP contribution < -0.4 is 28.4 Å². The van der Waals surface area contributed by atoms with E-state index in [2.05, 4.69) is 183 Å². The van der Waals surface area contributed by atoms with Crippen LogP contribution in [0.4, 0.5) is 0 Å². The van der Waals surface area contributed by atoms with E-state index >= 15 is 0 Å². The first-order valence-electron chi connectivity index (χ1n) is 29.2. The van der Waals surface area contributed by atoms with Crippen LogP contribution in [-0.2, 0) is 144 Å². The molecule has 8 aromatic rings. The molecule has 0 spiro atoms. The second-order valence-corrected chi connectivity index (χ2v) is 22.2. The van der Waals surface area contributed by atoms with Gasteiger partial charge in [-0.1, -0.05) is 136 Å². The molecule has 0 bridgehead atoms. The van der Waals surface area contributed by atoms with Gasteiger partial charge in [0.1, 0.15) is 47.7 Å². The van der Waals surface area contributed by atoms with Crippen molar-refractivity contribution in [3.8, 4) is 45.6 Å². The van der Waals surface area contributed by atoms with Crippen LogP contribution >= 0.6 is 0 Å². The summed E-state index contributed by atoms with van der Waals surface area (Å²) in [5.41, 5.74) is 9.57. The van der Waals surface area contributed by atoms with Crippen molar-refractivity contribution < 1.29 is 159 Å². The Balaban J connectivity index is 0.00000220. The number of hydrogen-bond donors (Lipinski definition) is 0. The van der Waals surface area contributed by atoms with Gasteiger partial charge in [-0.05, 0) is 151 Å². The third kappa shape index (κ3) is 17.0. The van der Waals surface area contributed by atoms with Gasteiger partial charge in [0.25, 0.3) is 0 Å². The van der Waals surface area contributed by atoms with Gasteiger partial charge in [0.2, 0.25) is 13.6 Å². The summed E-state index contributed by atoms with van der Waals surface area (Å²) in [5.74, 6) is 7.15. The molecule has 10 heteroatoms. The minimum absolute atomic E-state index is 0. The Bertz CT molecular complexity index is 3000. The zero-order valence-corrected chi connectivity index (χ0v) is 58.9. The number of hydrogen-bond acceptors (Lipinski definition) is 6. The first kappa shape index (κ1) is 65.5. The Kier molecular flexibility index (Phi) is 26.4. The van der Waals surface area contributed by atoms with Crippen molar-refractivity contribution in [1.29, 1.82) is 0 Å². The molecule has 0 heterocycles. The molecule has 0 amide bonds. The average Bonchev–Trinajstić information content (AvgIpc) is 2.90. The molecule has 82 heavy (non-hydrogen) atoms. The fraction of sp³-hybridized carbons (Fsp3) is 0.333. The van der Waals surface area contributed by atoms with E-state index in [1.807, 2.05) is 0 Å². The molecule has 0 saturated heterocycles. The van der Waals surface area contributed by atoms with E-state index in [0.717, 1.165) is 66.8 Å². The summed E-state index contributed by atoms with van der Waals surface area (Å²) in [7, 11) is 0. The van der Waals surface area contributed by atoms with Gasteiger partial charge < -0.3 is 54.1 Å². The summed E-state index contributed by atoms with van der Waals surface area (Å²) < 4.78 is 39.2. The van der Waals surface area contributed by atoms with Crippen molar-refractivity contribution in [2.24, 2.45) is 0 Å². The largest absolute Gasteiger partial charge is 0.489 e. The second kappa shape index (κ2) is 33.0. The number of rotatable bonds is 19. The summed E-state index contributed by atoms with van der Waals surface area (Å²) in [6.45, 7) is 0.950. The van der Waals surface area contributed by atoms with Gasteiger partial charge in [-0.15, -0.1) is 0 Å². The predicted molar refractivity (Wildman–Crippen MR) is 316 cm³/mol. The Labute approximate surface area is 588 Å². The molecule has 4 fully saturated rings. The third-order valence-electron chi connectivity index (χ3n) is 17.2. The maximum absolute atomic E-state index is 6.77. The Morgan fingerprint density at radius 1 is 0.293 bits per heavy atom. The zero-order chi connectivity index (χ0) is 52.3. The second-order valence-electron chi connectivity index (χ2n) is 22.2.